The smallest absolute Gasteiger partial charge is 0.243 e. The van der Waals surface area contributed by atoms with Crippen molar-refractivity contribution in [1.29, 1.82) is 0 Å². The molecule has 28 heavy (non-hydrogen) atoms. The van der Waals surface area contributed by atoms with E-state index >= 15 is 0 Å². The van der Waals surface area contributed by atoms with E-state index in [4.69, 9.17) is 23.2 Å². The molecule has 1 aromatic rings. The standard InChI is InChI=1S/C18H25Cl2N3O4S/c1-3-9-28(26,27)23-8-4-5-13(11-23)18(25)22(2)12-17(24)21-14-6-7-15(19)16(20)10-14/h6-7,10,13H,3-5,8-9,11-12H2,1-2H3,(H,21,24). The molecule has 0 saturated carbocycles. The molecular formula is C18H25Cl2N3O4S. The molecule has 10 heteroatoms. The van der Waals surface area contributed by atoms with Crippen molar-refractivity contribution in [2.75, 3.05) is 37.8 Å². The monoisotopic (exact) mass is 449 g/mol. The maximum Gasteiger partial charge on any atom is 0.243 e. The number of hydrogen-bond donors (Lipinski definition) is 1. The van der Waals surface area contributed by atoms with Crippen LogP contribution in [-0.4, -0.2) is 61.9 Å². The van der Waals surface area contributed by atoms with Crippen LogP contribution in [0.25, 0.3) is 0 Å². The van der Waals surface area contributed by atoms with Gasteiger partial charge in [0.25, 0.3) is 0 Å². The third-order valence-corrected chi connectivity index (χ3v) is 7.33. The number of piperidine rings is 1. The minimum atomic E-state index is -3.34. The third-order valence-electron chi connectivity index (χ3n) is 4.55. The van der Waals surface area contributed by atoms with Crippen LogP contribution in [0.3, 0.4) is 0 Å². The molecule has 1 atom stereocenters. The van der Waals surface area contributed by atoms with Gasteiger partial charge in [-0.2, -0.15) is 0 Å². The summed E-state index contributed by atoms with van der Waals surface area (Å²) in [5, 5.41) is 3.37. The number of halogens is 2. The molecular weight excluding hydrogens is 425 g/mol. The lowest BCUT2D eigenvalue weighted by molar-refractivity contribution is -0.138. The molecule has 0 radical (unpaired) electrons. The molecule has 1 heterocycles. The summed E-state index contributed by atoms with van der Waals surface area (Å²) in [4.78, 5) is 26.3. The highest BCUT2D eigenvalue weighted by Gasteiger charge is 2.33. The van der Waals surface area contributed by atoms with Gasteiger partial charge >= 0.3 is 0 Å². The summed E-state index contributed by atoms with van der Waals surface area (Å²) < 4.78 is 25.9. The van der Waals surface area contributed by atoms with Crippen molar-refractivity contribution in [1.82, 2.24) is 9.21 Å². The van der Waals surface area contributed by atoms with E-state index in [0.717, 1.165) is 0 Å². The van der Waals surface area contributed by atoms with Gasteiger partial charge in [0.05, 0.1) is 28.3 Å². The van der Waals surface area contributed by atoms with Gasteiger partial charge in [-0.1, -0.05) is 30.1 Å². The van der Waals surface area contributed by atoms with Gasteiger partial charge < -0.3 is 10.2 Å². The maximum atomic E-state index is 12.7. The average Bonchev–Trinajstić information content (AvgIpc) is 2.64. The predicted octanol–water partition coefficient (Wildman–Crippen LogP) is 2.84. The zero-order valence-electron chi connectivity index (χ0n) is 16.0. The Kier molecular flexibility index (Phi) is 8.12. The summed E-state index contributed by atoms with van der Waals surface area (Å²) in [6, 6.07) is 4.72. The van der Waals surface area contributed by atoms with Crippen LogP contribution in [0.4, 0.5) is 5.69 Å². The number of rotatable bonds is 7. The van der Waals surface area contributed by atoms with Crippen molar-refractivity contribution in [3.05, 3.63) is 28.2 Å². The molecule has 1 aromatic carbocycles. The summed E-state index contributed by atoms with van der Waals surface area (Å²) in [7, 11) is -1.80. The first-order valence-corrected chi connectivity index (χ1v) is 11.5. The first-order chi connectivity index (χ1) is 13.1. The van der Waals surface area contributed by atoms with E-state index in [0.29, 0.717) is 41.5 Å². The number of sulfonamides is 1. The molecule has 2 amide bonds. The van der Waals surface area contributed by atoms with Gasteiger partial charge in [0, 0.05) is 25.8 Å². The molecule has 1 unspecified atom stereocenters. The third kappa shape index (κ3) is 6.07. The summed E-state index contributed by atoms with van der Waals surface area (Å²) in [6.45, 7) is 2.27. The van der Waals surface area contributed by atoms with Crippen LogP contribution >= 0.6 is 23.2 Å². The Morgan fingerprint density at radius 2 is 2.00 bits per heavy atom. The molecule has 1 fully saturated rings. The SMILES string of the molecule is CCCS(=O)(=O)N1CCCC(C(=O)N(C)CC(=O)Nc2ccc(Cl)c(Cl)c2)C1. The van der Waals surface area contributed by atoms with Crippen LogP contribution in [0, 0.1) is 5.92 Å². The van der Waals surface area contributed by atoms with Crippen molar-refractivity contribution in [2.45, 2.75) is 26.2 Å². The van der Waals surface area contributed by atoms with Crippen molar-refractivity contribution in [3.63, 3.8) is 0 Å². The predicted molar refractivity (Wildman–Crippen MR) is 111 cm³/mol. The largest absolute Gasteiger partial charge is 0.336 e. The minimum Gasteiger partial charge on any atom is -0.336 e. The van der Waals surface area contributed by atoms with Crippen LogP contribution in [0.1, 0.15) is 26.2 Å². The molecule has 2 rings (SSSR count). The lowest BCUT2D eigenvalue weighted by Crippen LogP contribution is -2.47. The number of nitrogens with one attached hydrogen (secondary N) is 1. The minimum absolute atomic E-state index is 0.0792. The maximum absolute atomic E-state index is 12.7. The molecule has 0 aliphatic carbocycles. The fraction of sp³-hybridized carbons (Fsp3) is 0.556. The van der Waals surface area contributed by atoms with Crippen LogP contribution < -0.4 is 5.32 Å². The average molecular weight is 450 g/mol. The summed E-state index contributed by atoms with van der Waals surface area (Å²) in [5.41, 5.74) is 0.481. The Bertz CT molecular complexity index is 832. The molecule has 1 N–H and O–H groups in total. The Balaban J connectivity index is 1.94. The van der Waals surface area contributed by atoms with E-state index < -0.39 is 15.9 Å². The Morgan fingerprint density at radius 1 is 1.29 bits per heavy atom. The Hall–Kier alpha value is -1.35. The normalized spacial score (nSPS) is 17.9. The second-order valence-electron chi connectivity index (χ2n) is 6.88. The fourth-order valence-corrected chi connectivity index (χ4v) is 5.05. The van der Waals surface area contributed by atoms with Crippen molar-refractivity contribution in [2.24, 2.45) is 5.92 Å². The highest BCUT2D eigenvalue weighted by molar-refractivity contribution is 7.89. The zero-order chi connectivity index (χ0) is 20.9. The lowest BCUT2D eigenvalue weighted by Gasteiger charge is -2.33. The molecule has 0 aromatic heterocycles. The second-order valence-corrected chi connectivity index (χ2v) is 9.79. The number of carbonyl (C=O) groups excluding carboxylic acids is 2. The van der Waals surface area contributed by atoms with Gasteiger partial charge in [-0.25, -0.2) is 12.7 Å². The zero-order valence-corrected chi connectivity index (χ0v) is 18.3. The number of anilines is 1. The summed E-state index contributed by atoms with van der Waals surface area (Å²) >= 11 is 11.8. The first kappa shape index (κ1) is 22.9. The number of amides is 2. The lowest BCUT2D eigenvalue weighted by atomic mass is 9.98. The number of benzene rings is 1. The van der Waals surface area contributed by atoms with Crippen molar-refractivity contribution in [3.8, 4) is 0 Å². The quantitative estimate of drug-likeness (QED) is 0.692. The van der Waals surface area contributed by atoms with E-state index in [9.17, 15) is 18.0 Å². The van der Waals surface area contributed by atoms with E-state index in [1.165, 1.54) is 22.3 Å². The highest BCUT2D eigenvalue weighted by atomic mass is 35.5. The number of hydrogen-bond acceptors (Lipinski definition) is 4. The van der Waals surface area contributed by atoms with Crippen molar-refractivity contribution < 1.29 is 18.0 Å². The number of carbonyl (C=O) groups is 2. The van der Waals surface area contributed by atoms with Gasteiger partial charge in [-0.15, -0.1) is 0 Å². The highest BCUT2D eigenvalue weighted by Crippen LogP contribution is 2.25. The first-order valence-electron chi connectivity index (χ1n) is 9.11. The van der Waals surface area contributed by atoms with Gasteiger partial charge in [0.1, 0.15) is 0 Å². The van der Waals surface area contributed by atoms with E-state index in [-0.39, 0.29) is 30.7 Å². The second kappa shape index (κ2) is 9.91. The van der Waals surface area contributed by atoms with E-state index in [1.54, 1.807) is 12.1 Å². The number of likely N-dealkylation sites (N-methyl/N-ethyl adjacent to an activating group) is 1. The summed E-state index contributed by atoms with van der Waals surface area (Å²) in [6.07, 6.45) is 1.77. The van der Waals surface area contributed by atoms with Gasteiger partial charge in [-0.05, 0) is 37.5 Å². The number of nitrogens with zero attached hydrogens (tertiary/aromatic N) is 2. The molecule has 0 spiro atoms. The van der Waals surface area contributed by atoms with Crippen LogP contribution in [0.2, 0.25) is 10.0 Å². The van der Waals surface area contributed by atoms with E-state index in [2.05, 4.69) is 5.32 Å². The topological polar surface area (TPSA) is 86.8 Å². The van der Waals surface area contributed by atoms with Gasteiger partial charge in [0.2, 0.25) is 21.8 Å². The van der Waals surface area contributed by atoms with Gasteiger partial charge in [0.15, 0.2) is 0 Å². The van der Waals surface area contributed by atoms with E-state index in [1.807, 2.05) is 6.92 Å². The van der Waals surface area contributed by atoms with Gasteiger partial charge in [-0.3, -0.25) is 9.59 Å². The Labute approximate surface area is 176 Å². The molecule has 7 nitrogen and oxygen atoms in total. The fourth-order valence-electron chi connectivity index (χ4n) is 3.16. The van der Waals surface area contributed by atoms with Crippen LogP contribution in [-0.2, 0) is 19.6 Å². The molecule has 1 aliphatic heterocycles. The summed E-state index contributed by atoms with van der Waals surface area (Å²) in [5.74, 6) is -0.972. The van der Waals surface area contributed by atoms with Crippen LogP contribution in [0.15, 0.2) is 18.2 Å². The molecule has 1 saturated heterocycles. The molecule has 0 bridgehead atoms. The molecule has 156 valence electrons. The van der Waals surface area contributed by atoms with Crippen LogP contribution in [0.5, 0.6) is 0 Å². The van der Waals surface area contributed by atoms with Crippen molar-refractivity contribution >= 4 is 50.7 Å². The molecule has 1 aliphatic rings. The Morgan fingerprint density at radius 3 is 2.64 bits per heavy atom.